The Morgan fingerprint density at radius 1 is 0.949 bits per heavy atom. The third-order valence-corrected chi connectivity index (χ3v) is 9.19. The number of halogens is 6. The number of nitrogens with zero attached hydrogens (tertiary/aromatic N) is 4. The summed E-state index contributed by atoms with van der Waals surface area (Å²) in [6.07, 6.45) is -8.53. The molecular formula is C24H17F6N5O2S2. The molecule has 7 nitrogen and oxygen atoms in total. The van der Waals surface area contributed by atoms with Gasteiger partial charge in [0.05, 0.1) is 27.9 Å². The van der Waals surface area contributed by atoms with Gasteiger partial charge in [0.25, 0.3) is 10.0 Å². The molecule has 1 aliphatic rings. The molecule has 3 aromatic heterocycles. The van der Waals surface area contributed by atoms with Gasteiger partial charge >= 0.3 is 12.4 Å². The lowest BCUT2D eigenvalue weighted by Gasteiger charge is -2.25. The van der Waals surface area contributed by atoms with Gasteiger partial charge in [0.1, 0.15) is 4.21 Å². The summed E-state index contributed by atoms with van der Waals surface area (Å²) in [5.41, 5.74) is -3.12. The molecule has 1 aliphatic heterocycles. The van der Waals surface area contributed by atoms with Crippen molar-refractivity contribution in [3.8, 4) is 23.1 Å². The van der Waals surface area contributed by atoms with Crippen molar-refractivity contribution in [2.24, 2.45) is 0 Å². The summed E-state index contributed by atoms with van der Waals surface area (Å²) in [6, 6.07) is 7.35. The molecule has 0 bridgehead atoms. The van der Waals surface area contributed by atoms with Crippen molar-refractivity contribution in [1.82, 2.24) is 24.2 Å². The first-order valence-electron chi connectivity index (χ1n) is 11.3. The van der Waals surface area contributed by atoms with Crippen LogP contribution in [-0.4, -0.2) is 53.5 Å². The third kappa shape index (κ3) is 5.50. The van der Waals surface area contributed by atoms with E-state index in [9.17, 15) is 34.8 Å². The van der Waals surface area contributed by atoms with Crippen LogP contribution in [-0.2, 0) is 22.4 Å². The zero-order valence-corrected chi connectivity index (χ0v) is 21.3. The lowest BCUT2D eigenvalue weighted by molar-refractivity contribution is -0.142. The van der Waals surface area contributed by atoms with Gasteiger partial charge in [-0.3, -0.25) is 0 Å². The van der Waals surface area contributed by atoms with E-state index < -0.39 is 33.6 Å². The Hall–Kier alpha value is -3.45. The largest absolute Gasteiger partial charge is 0.433 e. The van der Waals surface area contributed by atoms with Crippen LogP contribution in [0.2, 0.25) is 0 Å². The second-order valence-corrected chi connectivity index (χ2v) is 11.7. The summed E-state index contributed by atoms with van der Waals surface area (Å²) in [4.78, 5) is 4.49. The standard InChI is InChI=1S/C24H17F6N5O2S2/c25-23(26,27)17-3-1-2-15(12-17)19-13-20(24(28,29)30)35-22(33-19)16(14-32-35)4-5-18-6-7-21(38-18)39(36,37)34-10-8-31-9-11-34/h1-3,6-7,12-14,31H,8-11H2. The first-order chi connectivity index (χ1) is 18.3. The predicted octanol–water partition coefficient (Wildman–Crippen LogP) is 4.49. The fourth-order valence-electron chi connectivity index (χ4n) is 3.92. The molecule has 204 valence electrons. The number of benzene rings is 1. The Kier molecular flexibility index (Phi) is 6.91. The number of fused-ring (bicyclic) bond motifs is 1. The summed E-state index contributed by atoms with van der Waals surface area (Å²) < 4.78 is 109. The number of thiophene rings is 1. The van der Waals surface area contributed by atoms with Gasteiger partial charge in [-0.05, 0) is 30.3 Å². The zero-order valence-electron chi connectivity index (χ0n) is 19.6. The first-order valence-corrected chi connectivity index (χ1v) is 13.6. The highest BCUT2D eigenvalue weighted by Crippen LogP contribution is 2.35. The number of sulfonamides is 1. The highest BCUT2D eigenvalue weighted by molar-refractivity contribution is 7.91. The van der Waals surface area contributed by atoms with E-state index in [1.165, 1.54) is 22.5 Å². The van der Waals surface area contributed by atoms with Crippen molar-refractivity contribution in [2.75, 3.05) is 26.2 Å². The molecular weight excluding hydrogens is 568 g/mol. The van der Waals surface area contributed by atoms with Crippen LogP contribution in [0, 0.1) is 11.8 Å². The molecule has 0 radical (unpaired) electrons. The van der Waals surface area contributed by atoms with Gasteiger partial charge in [-0.25, -0.2) is 17.9 Å². The Balaban J connectivity index is 1.55. The van der Waals surface area contributed by atoms with Crippen LogP contribution in [0.4, 0.5) is 26.3 Å². The predicted molar refractivity (Wildman–Crippen MR) is 130 cm³/mol. The maximum Gasteiger partial charge on any atom is 0.433 e. The van der Waals surface area contributed by atoms with E-state index in [0.717, 1.165) is 29.7 Å². The van der Waals surface area contributed by atoms with E-state index in [1.54, 1.807) is 0 Å². The van der Waals surface area contributed by atoms with E-state index in [4.69, 9.17) is 0 Å². The lowest BCUT2D eigenvalue weighted by Crippen LogP contribution is -2.46. The van der Waals surface area contributed by atoms with Gasteiger partial charge < -0.3 is 5.32 Å². The van der Waals surface area contributed by atoms with Gasteiger partial charge in [-0.2, -0.15) is 35.7 Å². The summed E-state index contributed by atoms with van der Waals surface area (Å²) >= 11 is 0.914. The van der Waals surface area contributed by atoms with Crippen LogP contribution in [0.1, 0.15) is 21.7 Å². The fraction of sp³-hybridized carbons (Fsp3) is 0.250. The van der Waals surface area contributed by atoms with Gasteiger partial charge in [0.15, 0.2) is 11.3 Å². The topological polar surface area (TPSA) is 79.6 Å². The third-order valence-electron chi connectivity index (χ3n) is 5.82. The molecule has 0 amide bonds. The van der Waals surface area contributed by atoms with Crippen molar-refractivity contribution in [1.29, 1.82) is 0 Å². The molecule has 1 fully saturated rings. The van der Waals surface area contributed by atoms with Crippen LogP contribution < -0.4 is 5.32 Å². The normalized spacial score (nSPS) is 15.3. The van der Waals surface area contributed by atoms with Crippen molar-refractivity contribution >= 4 is 27.0 Å². The van der Waals surface area contributed by atoms with Crippen molar-refractivity contribution in [2.45, 2.75) is 16.6 Å². The van der Waals surface area contributed by atoms with E-state index in [0.29, 0.717) is 47.7 Å². The maximum absolute atomic E-state index is 13.8. The Bertz CT molecular complexity index is 1710. The average Bonchev–Trinajstić information content (AvgIpc) is 3.54. The molecule has 39 heavy (non-hydrogen) atoms. The number of nitrogens with one attached hydrogen (secondary N) is 1. The molecule has 0 unspecified atom stereocenters. The van der Waals surface area contributed by atoms with Crippen LogP contribution in [0.25, 0.3) is 16.9 Å². The smallest absolute Gasteiger partial charge is 0.314 e. The Labute approximate surface area is 222 Å². The van der Waals surface area contributed by atoms with E-state index >= 15 is 0 Å². The molecule has 0 atom stereocenters. The summed E-state index contributed by atoms with van der Waals surface area (Å²) in [5, 5.41) is 6.81. The van der Waals surface area contributed by atoms with Crippen LogP contribution in [0.15, 0.2) is 52.9 Å². The quantitative estimate of drug-likeness (QED) is 0.283. The molecule has 5 rings (SSSR count). The average molecular weight is 586 g/mol. The monoisotopic (exact) mass is 585 g/mol. The van der Waals surface area contributed by atoms with E-state index in [2.05, 4.69) is 27.2 Å². The number of aromatic nitrogens is 3. The molecule has 4 aromatic rings. The SMILES string of the molecule is O=S(=O)(c1ccc(C#Cc2cnn3c(C(F)(F)F)cc(-c4cccc(C(F)(F)F)c4)nc23)s1)N1CCNCC1. The first kappa shape index (κ1) is 27.1. The van der Waals surface area contributed by atoms with Crippen molar-refractivity contribution < 1.29 is 34.8 Å². The second kappa shape index (κ2) is 9.94. The van der Waals surface area contributed by atoms with Gasteiger partial charge in [0.2, 0.25) is 0 Å². The lowest BCUT2D eigenvalue weighted by atomic mass is 10.1. The van der Waals surface area contributed by atoms with Gasteiger partial charge in [-0.15, -0.1) is 11.3 Å². The molecule has 0 aliphatic carbocycles. The maximum atomic E-state index is 13.8. The number of hydrogen-bond acceptors (Lipinski definition) is 6. The minimum Gasteiger partial charge on any atom is -0.314 e. The van der Waals surface area contributed by atoms with Crippen LogP contribution >= 0.6 is 11.3 Å². The summed E-state index contributed by atoms with van der Waals surface area (Å²) in [7, 11) is -3.71. The summed E-state index contributed by atoms with van der Waals surface area (Å²) in [5.74, 6) is 5.40. The van der Waals surface area contributed by atoms with Gasteiger partial charge in [0, 0.05) is 31.7 Å². The minimum atomic E-state index is -4.89. The molecule has 0 spiro atoms. The van der Waals surface area contributed by atoms with Crippen molar-refractivity contribution in [3.63, 3.8) is 0 Å². The number of hydrogen-bond donors (Lipinski definition) is 1. The minimum absolute atomic E-state index is 0.0192. The van der Waals surface area contributed by atoms with Crippen LogP contribution in [0.5, 0.6) is 0 Å². The molecule has 1 saturated heterocycles. The fourth-order valence-corrected chi connectivity index (χ4v) is 6.68. The molecule has 1 N–H and O–H groups in total. The second-order valence-electron chi connectivity index (χ2n) is 8.42. The van der Waals surface area contributed by atoms with Crippen LogP contribution in [0.3, 0.4) is 0 Å². The van der Waals surface area contributed by atoms with E-state index in [-0.39, 0.29) is 26.7 Å². The number of alkyl halides is 6. The molecule has 0 saturated carbocycles. The number of rotatable bonds is 3. The Morgan fingerprint density at radius 2 is 1.69 bits per heavy atom. The molecule has 4 heterocycles. The highest BCUT2D eigenvalue weighted by Gasteiger charge is 2.36. The van der Waals surface area contributed by atoms with E-state index in [1.807, 2.05) is 0 Å². The molecule has 1 aromatic carbocycles. The zero-order chi connectivity index (χ0) is 28.0. The summed E-state index contributed by atoms with van der Waals surface area (Å²) in [6.45, 7) is 1.71. The number of piperazine rings is 1. The Morgan fingerprint density at radius 3 is 2.38 bits per heavy atom. The molecule has 15 heteroatoms. The van der Waals surface area contributed by atoms with Gasteiger partial charge in [-0.1, -0.05) is 24.0 Å². The highest BCUT2D eigenvalue weighted by atomic mass is 32.2. The van der Waals surface area contributed by atoms with Crippen molar-refractivity contribution in [3.05, 3.63) is 70.4 Å².